The number of carboxylic acid groups (broad SMARTS) is 1. The summed E-state index contributed by atoms with van der Waals surface area (Å²) in [6, 6.07) is 5.25. The Morgan fingerprint density at radius 3 is 2.52 bits per heavy atom. The SMILES string of the molecule is CC(=O)N(CC(=O)O)C1CCCN(C(=O)c2ccc(C(C)C)c(Cl)c2)CC1. The third-order valence-corrected chi connectivity index (χ3v) is 5.33. The molecule has 27 heavy (non-hydrogen) atoms. The standard InChI is InChI=1S/C20H27ClN2O4/c1-13(2)17-7-6-15(11-18(17)21)20(27)22-9-4-5-16(8-10-22)23(14(3)24)12-19(25)26/h6-7,11,13,16H,4-5,8-10,12H2,1-3H3,(H,25,26). The lowest BCUT2D eigenvalue weighted by atomic mass is 10.0. The van der Waals surface area contributed by atoms with Crippen LogP contribution in [0.2, 0.25) is 5.02 Å². The van der Waals surface area contributed by atoms with E-state index < -0.39 is 5.97 Å². The molecule has 1 aromatic rings. The van der Waals surface area contributed by atoms with E-state index in [2.05, 4.69) is 13.8 Å². The molecule has 2 rings (SSSR count). The number of carbonyl (C=O) groups is 3. The molecule has 1 saturated heterocycles. The first-order valence-corrected chi connectivity index (χ1v) is 9.66. The lowest BCUT2D eigenvalue weighted by molar-refractivity contribution is -0.145. The predicted octanol–water partition coefficient (Wildman–Crippen LogP) is 3.39. The minimum absolute atomic E-state index is 0.0829. The van der Waals surface area contributed by atoms with E-state index in [4.69, 9.17) is 16.7 Å². The summed E-state index contributed by atoms with van der Waals surface area (Å²) < 4.78 is 0. The van der Waals surface area contributed by atoms with Crippen LogP contribution in [0.3, 0.4) is 0 Å². The molecule has 1 aliphatic heterocycles. The molecule has 6 nitrogen and oxygen atoms in total. The van der Waals surface area contributed by atoms with Gasteiger partial charge in [0, 0.05) is 36.6 Å². The molecule has 1 unspecified atom stereocenters. The van der Waals surface area contributed by atoms with Gasteiger partial charge in [0.25, 0.3) is 5.91 Å². The third-order valence-electron chi connectivity index (χ3n) is 5.01. The average molecular weight is 395 g/mol. The van der Waals surface area contributed by atoms with Gasteiger partial charge in [-0.05, 0) is 42.9 Å². The smallest absolute Gasteiger partial charge is 0.323 e. The van der Waals surface area contributed by atoms with E-state index in [1.165, 1.54) is 11.8 Å². The van der Waals surface area contributed by atoms with Gasteiger partial charge in [0.2, 0.25) is 5.91 Å². The van der Waals surface area contributed by atoms with Crippen LogP contribution in [0.4, 0.5) is 0 Å². The second-order valence-electron chi connectivity index (χ2n) is 7.31. The zero-order valence-electron chi connectivity index (χ0n) is 16.1. The normalized spacial score (nSPS) is 17.5. The molecule has 0 saturated carbocycles. The summed E-state index contributed by atoms with van der Waals surface area (Å²) in [7, 11) is 0. The second-order valence-corrected chi connectivity index (χ2v) is 7.72. The summed E-state index contributed by atoms with van der Waals surface area (Å²) in [4.78, 5) is 38.9. The second kappa shape index (κ2) is 9.22. The molecule has 1 atom stereocenters. The number of hydrogen-bond acceptors (Lipinski definition) is 3. The molecule has 0 aliphatic carbocycles. The van der Waals surface area contributed by atoms with Crippen LogP contribution < -0.4 is 0 Å². The highest BCUT2D eigenvalue weighted by molar-refractivity contribution is 6.31. The van der Waals surface area contributed by atoms with Crippen molar-refractivity contribution in [3.63, 3.8) is 0 Å². The number of rotatable bonds is 5. The van der Waals surface area contributed by atoms with Gasteiger partial charge < -0.3 is 14.9 Å². The van der Waals surface area contributed by atoms with Crippen LogP contribution in [-0.2, 0) is 9.59 Å². The molecular formula is C20H27ClN2O4. The van der Waals surface area contributed by atoms with Crippen LogP contribution in [0.5, 0.6) is 0 Å². The molecule has 1 aromatic carbocycles. The number of aliphatic carboxylic acids is 1. The zero-order valence-corrected chi connectivity index (χ0v) is 16.8. The van der Waals surface area contributed by atoms with Gasteiger partial charge in [0.15, 0.2) is 0 Å². The van der Waals surface area contributed by atoms with Crippen molar-refractivity contribution < 1.29 is 19.5 Å². The van der Waals surface area contributed by atoms with Crippen molar-refractivity contribution in [3.05, 3.63) is 34.3 Å². The highest BCUT2D eigenvalue weighted by Crippen LogP contribution is 2.26. The highest BCUT2D eigenvalue weighted by atomic mass is 35.5. The maximum absolute atomic E-state index is 12.9. The molecule has 2 amide bonds. The molecular weight excluding hydrogens is 368 g/mol. The van der Waals surface area contributed by atoms with Crippen molar-refractivity contribution in [2.45, 2.75) is 52.0 Å². The Balaban J connectivity index is 2.09. The number of nitrogens with zero attached hydrogens (tertiary/aromatic N) is 2. The van der Waals surface area contributed by atoms with E-state index in [0.717, 1.165) is 12.0 Å². The Hall–Kier alpha value is -2.08. The summed E-state index contributed by atoms with van der Waals surface area (Å²) in [5.41, 5.74) is 1.56. The Kier molecular flexibility index (Phi) is 7.25. The molecule has 1 aliphatic rings. The number of hydrogen-bond donors (Lipinski definition) is 1. The number of halogens is 1. The number of carbonyl (C=O) groups excluding carboxylic acids is 2. The van der Waals surface area contributed by atoms with Crippen LogP contribution in [0.25, 0.3) is 0 Å². The monoisotopic (exact) mass is 394 g/mol. The first-order valence-electron chi connectivity index (χ1n) is 9.28. The van der Waals surface area contributed by atoms with E-state index in [1.54, 1.807) is 17.0 Å². The Morgan fingerprint density at radius 2 is 1.96 bits per heavy atom. The van der Waals surface area contributed by atoms with Gasteiger partial charge in [-0.25, -0.2) is 0 Å². The average Bonchev–Trinajstić information content (AvgIpc) is 2.84. The number of benzene rings is 1. The molecule has 7 heteroatoms. The van der Waals surface area contributed by atoms with Crippen molar-refractivity contribution in [1.29, 1.82) is 0 Å². The first kappa shape index (κ1) is 21.2. The highest BCUT2D eigenvalue weighted by Gasteiger charge is 2.28. The fourth-order valence-electron chi connectivity index (χ4n) is 3.55. The Bertz CT molecular complexity index is 720. The quantitative estimate of drug-likeness (QED) is 0.830. The third kappa shape index (κ3) is 5.45. The number of amides is 2. The maximum Gasteiger partial charge on any atom is 0.323 e. The molecule has 148 valence electrons. The maximum atomic E-state index is 12.9. The summed E-state index contributed by atoms with van der Waals surface area (Å²) >= 11 is 6.32. The van der Waals surface area contributed by atoms with Gasteiger partial charge in [-0.3, -0.25) is 14.4 Å². The van der Waals surface area contributed by atoms with Gasteiger partial charge >= 0.3 is 5.97 Å². The van der Waals surface area contributed by atoms with Crippen LogP contribution in [0, 0.1) is 0 Å². The Morgan fingerprint density at radius 1 is 1.26 bits per heavy atom. The minimum Gasteiger partial charge on any atom is -0.480 e. The largest absolute Gasteiger partial charge is 0.480 e. The number of likely N-dealkylation sites (tertiary alicyclic amines) is 1. The van der Waals surface area contributed by atoms with Gasteiger partial charge in [-0.15, -0.1) is 0 Å². The molecule has 0 bridgehead atoms. The van der Waals surface area contributed by atoms with Gasteiger partial charge in [0.1, 0.15) is 6.54 Å². The molecule has 0 spiro atoms. The molecule has 0 aromatic heterocycles. The van der Waals surface area contributed by atoms with E-state index in [9.17, 15) is 14.4 Å². The zero-order chi connectivity index (χ0) is 20.1. The molecule has 1 fully saturated rings. The van der Waals surface area contributed by atoms with Crippen LogP contribution in [0.15, 0.2) is 18.2 Å². The molecule has 0 radical (unpaired) electrons. The van der Waals surface area contributed by atoms with E-state index in [1.807, 2.05) is 6.07 Å². The van der Waals surface area contributed by atoms with Crippen molar-refractivity contribution in [1.82, 2.24) is 9.80 Å². The topological polar surface area (TPSA) is 77.9 Å². The van der Waals surface area contributed by atoms with Gasteiger partial charge in [0.05, 0.1) is 0 Å². The van der Waals surface area contributed by atoms with E-state index in [0.29, 0.717) is 36.5 Å². The predicted molar refractivity (Wildman–Crippen MR) is 104 cm³/mol. The fraction of sp³-hybridized carbons (Fsp3) is 0.550. The van der Waals surface area contributed by atoms with Crippen molar-refractivity contribution in [2.75, 3.05) is 19.6 Å². The lowest BCUT2D eigenvalue weighted by Gasteiger charge is -2.29. The van der Waals surface area contributed by atoms with E-state index in [-0.39, 0.29) is 30.3 Å². The summed E-state index contributed by atoms with van der Waals surface area (Å²) in [6.45, 7) is 6.24. The van der Waals surface area contributed by atoms with Crippen molar-refractivity contribution >= 4 is 29.4 Å². The molecule has 1 heterocycles. The van der Waals surface area contributed by atoms with Gasteiger partial charge in [-0.1, -0.05) is 31.5 Å². The van der Waals surface area contributed by atoms with Gasteiger partial charge in [-0.2, -0.15) is 0 Å². The summed E-state index contributed by atoms with van der Waals surface area (Å²) in [6.07, 6.45) is 1.97. The number of carboxylic acids is 1. The molecule has 1 N–H and O–H groups in total. The van der Waals surface area contributed by atoms with Crippen molar-refractivity contribution in [3.8, 4) is 0 Å². The lowest BCUT2D eigenvalue weighted by Crippen LogP contribution is -2.43. The summed E-state index contributed by atoms with van der Waals surface area (Å²) in [5, 5.41) is 9.63. The summed E-state index contributed by atoms with van der Waals surface area (Å²) in [5.74, 6) is -1.08. The first-order chi connectivity index (χ1) is 12.7. The van der Waals surface area contributed by atoms with Crippen LogP contribution in [-0.4, -0.2) is 58.4 Å². The van der Waals surface area contributed by atoms with Crippen molar-refractivity contribution in [2.24, 2.45) is 0 Å². The minimum atomic E-state index is -1.03. The van der Waals surface area contributed by atoms with E-state index >= 15 is 0 Å². The fourth-order valence-corrected chi connectivity index (χ4v) is 3.95. The Labute approximate surface area is 165 Å². The van der Waals surface area contributed by atoms with Crippen LogP contribution in [0.1, 0.15) is 61.9 Å². The van der Waals surface area contributed by atoms with Crippen LogP contribution >= 0.6 is 11.6 Å².